The van der Waals surface area contributed by atoms with E-state index in [1.165, 1.54) is 28.4 Å². The molecule has 0 N–H and O–H groups in total. The van der Waals surface area contributed by atoms with E-state index in [0.717, 1.165) is 0 Å². The predicted molar refractivity (Wildman–Crippen MR) is 225 cm³/mol. The summed E-state index contributed by atoms with van der Waals surface area (Å²) < 4.78 is 19.2. The second kappa shape index (κ2) is 23.8. The van der Waals surface area contributed by atoms with Crippen LogP contribution in [0.2, 0.25) is 0 Å². The number of ether oxygens (including phenoxy) is 4. The predicted octanol–water partition coefficient (Wildman–Crippen LogP) is 7.93. The van der Waals surface area contributed by atoms with E-state index < -0.39 is 23.9 Å². The number of carbonyl (C=O) groups excluding carboxylic acids is 4. The van der Waals surface area contributed by atoms with E-state index >= 15 is 0 Å². The number of methoxy groups -OCH3 is 4. The summed E-state index contributed by atoms with van der Waals surface area (Å²) >= 11 is 0. The largest absolute Gasteiger partial charge is 0.465 e. The molecule has 0 atom stereocenters. The number of hydrogen-bond acceptors (Lipinski definition) is 16. The van der Waals surface area contributed by atoms with Crippen LogP contribution < -0.4 is 0 Å². The lowest BCUT2D eigenvalue weighted by Gasteiger charge is -2.27. The van der Waals surface area contributed by atoms with Crippen LogP contribution in [0, 0.1) is 0 Å². The highest BCUT2D eigenvalue weighted by molar-refractivity contribution is 5.91. The van der Waals surface area contributed by atoms with Gasteiger partial charge in [-0.3, -0.25) is 20.0 Å². The Kier molecular flexibility index (Phi) is 17.5. The molecule has 4 aromatic rings. The van der Waals surface area contributed by atoms with Crippen molar-refractivity contribution in [3.05, 3.63) is 119 Å². The molecule has 0 saturated carbocycles. The SMILES string of the molecule is COC(=O)c1ccc(N=NN2CCCN(N=Nc3ccc(C(=O)OC)cc3)CCN(N=Nc3ccc(C(=O)OC)cc3)CCCN(N=Nc3ccc(C(=O)OC)cc3)CC2)cc1. The van der Waals surface area contributed by atoms with Gasteiger partial charge in [0.05, 0.1) is 99.6 Å². The molecular weight excluding hydrogens is 801 g/mol. The van der Waals surface area contributed by atoms with E-state index in [-0.39, 0.29) is 0 Å². The average molecular weight is 849 g/mol. The van der Waals surface area contributed by atoms with E-state index in [1.807, 2.05) is 20.0 Å². The van der Waals surface area contributed by atoms with Gasteiger partial charge in [-0.25, -0.2) is 19.2 Å². The minimum Gasteiger partial charge on any atom is -0.465 e. The van der Waals surface area contributed by atoms with Crippen LogP contribution in [0.4, 0.5) is 22.7 Å². The lowest BCUT2D eigenvalue weighted by Crippen LogP contribution is -2.36. The minimum absolute atomic E-state index is 0.397. The fourth-order valence-electron chi connectivity index (χ4n) is 5.73. The molecule has 0 spiro atoms. The zero-order valence-electron chi connectivity index (χ0n) is 34.9. The van der Waals surface area contributed by atoms with E-state index in [1.54, 1.807) is 97.1 Å². The highest BCUT2D eigenvalue weighted by atomic mass is 16.5. The zero-order valence-corrected chi connectivity index (χ0v) is 34.9. The van der Waals surface area contributed by atoms with Gasteiger partial charge in [-0.1, -0.05) is 20.9 Å². The smallest absolute Gasteiger partial charge is 0.337 e. The summed E-state index contributed by atoms with van der Waals surface area (Å²) in [6, 6.07) is 26.5. The molecule has 20 heteroatoms. The summed E-state index contributed by atoms with van der Waals surface area (Å²) in [5.41, 5.74) is 3.78. The zero-order chi connectivity index (χ0) is 44.1. The number of esters is 4. The monoisotopic (exact) mass is 848 g/mol. The summed E-state index contributed by atoms with van der Waals surface area (Å²) in [5.74, 6) is -1.80. The molecule has 1 fully saturated rings. The molecule has 1 aliphatic rings. The van der Waals surface area contributed by atoms with Crippen LogP contribution in [0.1, 0.15) is 54.3 Å². The van der Waals surface area contributed by atoms with Crippen LogP contribution in [0.3, 0.4) is 0 Å². The van der Waals surface area contributed by atoms with Crippen LogP contribution in [0.25, 0.3) is 0 Å². The molecule has 0 aromatic heterocycles. The quantitative estimate of drug-likeness (QED) is 0.0754. The number of benzene rings is 4. The minimum atomic E-state index is -0.449. The van der Waals surface area contributed by atoms with Gasteiger partial charge < -0.3 is 18.9 Å². The van der Waals surface area contributed by atoms with E-state index in [4.69, 9.17) is 18.9 Å². The summed E-state index contributed by atoms with van der Waals surface area (Å²) in [5, 5.41) is 43.4. The van der Waals surface area contributed by atoms with Gasteiger partial charge in [-0.05, 0) is 110 Å². The molecule has 0 unspecified atom stereocenters. The number of hydrogen-bond donors (Lipinski definition) is 0. The standard InChI is InChI=1S/C42H48N12O8/c1-59-39(55)31-7-15-35(16-8-31)43-47-51-23-5-24-53(49-45-37-19-11-33(12-20-37)41(57)61-3)29-30-54(50-46-38-21-13-34(14-22-38)42(58)62-4)26-6-25-52(28-27-51)48-44-36-17-9-32(10-18-36)40(56)60-2/h7-22H,5-6,23-30H2,1-4H3. The first-order valence-corrected chi connectivity index (χ1v) is 19.6. The van der Waals surface area contributed by atoms with Crippen molar-refractivity contribution in [1.29, 1.82) is 0 Å². The molecule has 0 aliphatic carbocycles. The van der Waals surface area contributed by atoms with E-state index in [0.29, 0.717) is 110 Å². The Balaban J connectivity index is 1.39. The van der Waals surface area contributed by atoms with Crippen molar-refractivity contribution in [3.63, 3.8) is 0 Å². The first kappa shape index (κ1) is 45.4. The van der Waals surface area contributed by atoms with Crippen molar-refractivity contribution in [2.45, 2.75) is 12.8 Å². The average Bonchev–Trinajstić information content (AvgIpc) is 3.32. The lowest BCUT2D eigenvalue weighted by atomic mass is 10.2. The van der Waals surface area contributed by atoms with Crippen molar-refractivity contribution >= 4 is 46.6 Å². The van der Waals surface area contributed by atoms with Gasteiger partial charge in [-0.2, -0.15) is 0 Å². The topological polar surface area (TPSA) is 217 Å². The molecule has 324 valence electrons. The highest BCUT2D eigenvalue weighted by Gasteiger charge is 2.15. The third-order valence-electron chi connectivity index (χ3n) is 9.20. The molecule has 20 nitrogen and oxygen atoms in total. The fraction of sp³-hybridized carbons (Fsp3) is 0.333. The lowest BCUT2D eigenvalue weighted by molar-refractivity contribution is 0.0592. The van der Waals surface area contributed by atoms with E-state index in [2.05, 4.69) is 41.4 Å². The molecule has 1 aliphatic heterocycles. The maximum atomic E-state index is 12.0. The number of rotatable bonds is 12. The van der Waals surface area contributed by atoms with Gasteiger partial charge in [0.2, 0.25) is 0 Å². The van der Waals surface area contributed by atoms with Gasteiger partial charge in [0.1, 0.15) is 0 Å². The normalized spacial score (nSPS) is 14.6. The van der Waals surface area contributed by atoms with Gasteiger partial charge in [0, 0.05) is 26.2 Å². The van der Waals surface area contributed by atoms with Gasteiger partial charge in [0.25, 0.3) is 0 Å². The van der Waals surface area contributed by atoms with Crippen LogP contribution >= 0.6 is 0 Å². The summed E-state index contributed by atoms with van der Waals surface area (Å²) in [6.45, 7) is 3.60. The van der Waals surface area contributed by atoms with Gasteiger partial charge >= 0.3 is 23.9 Å². The van der Waals surface area contributed by atoms with Crippen molar-refractivity contribution < 1.29 is 38.1 Å². The van der Waals surface area contributed by atoms with Crippen LogP contribution in [0.5, 0.6) is 0 Å². The Morgan fingerprint density at radius 3 is 0.710 bits per heavy atom. The third-order valence-corrected chi connectivity index (χ3v) is 9.20. The molecule has 0 bridgehead atoms. The first-order chi connectivity index (χ1) is 30.2. The number of nitrogens with zero attached hydrogens (tertiary/aromatic N) is 12. The molecule has 1 heterocycles. The molecule has 5 rings (SSSR count). The Bertz CT molecular complexity index is 1890. The molecular formula is C42H48N12O8. The summed E-state index contributed by atoms with van der Waals surface area (Å²) in [4.78, 5) is 47.8. The van der Waals surface area contributed by atoms with Crippen molar-refractivity contribution in [2.75, 3.05) is 80.8 Å². The molecule has 62 heavy (non-hydrogen) atoms. The Morgan fingerprint density at radius 2 is 0.532 bits per heavy atom. The van der Waals surface area contributed by atoms with Crippen molar-refractivity contribution in [2.24, 2.45) is 41.4 Å². The third kappa shape index (κ3) is 14.3. The first-order valence-electron chi connectivity index (χ1n) is 19.6. The molecule has 0 radical (unpaired) electrons. The van der Waals surface area contributed by atoms with Crippen molar-refractivity contribution in [1.82, 2.24) is 20.0 Å². The van der Waals surface area contributed by atoms with Gasteiger partial charge in [0.15, 0.2) is 0 Å². The van der Waals surface area contributed by atoms with Crippen LogP contribution in [-0.2, 0) is 18.9 Å². The Hall–Kier alpha value is -7.64. The van der Waals surface area contributed by atoms with Crippen LogP contribution in [-0.4, -0.2) is 125 Å². The molecule has 4 aromatic carbocycles. The van der Waals surface area contributed by atoms with Crippen molar-refractivity contribution in [3.8, 4) is 0 Å². The molecule has 1 saturated heterocycles. The Labute approximate surface area is 358 Å². The Morgan fingerprint density at radius 1 is 0.339 bits per heavy atom. The maximum Gasteiger partial charge on any atom is 0.337 e. The second-order valence-corrected chi connectivity index (χ2v) is 13.4. The second-order valence-electron chi connectivity index (χ2n) is 13.4. The summed E-state index contributed by atoms with van der Waals surface area (Å²) in [6.07, 6.45) is 1.20. The summed E-state index contributed by atoms with van der Waals surface area (Å²) in [7, 11) is 5.30. The molecule has 0 amide bonds. The fourth-order valence-corrected chi connectivity index (χ4v) is 5.73. The van der Waals surface area contributed by atoms with Gasteiger partial charge in [-0.15, -0.1) is 20.5 Å². The van der Waals surface area contributed by atoms with Crippen LogP contribution in [0.15, 0.2) is 138 Å². The highest BCUT2D eigenvalue weighted by Crippen LogP contribution is 2.20. The number of carbonyl (C=O) groups is 4. The maximum absolute atomic E-state index is 12.0. The van der Waals surface area contributed by atoms with E-state index in [9.17, 15) is 19.2 Å².